The summed E-state index contributed by atoms with van der Waals surface area (Å²) >= 11 is 0. The first-order valence-electron chi connectivity index (χ1n) is 11.2. The summed E-state index contributed by atoms with van der Waals surface area (Å²) in [6.07, 6.45) is 6.03. The van der Waals surface area contributed by atoms with E-state index in [1.807, 2.05) is 35.0 Å². The lowest BCUT2D eigenvalue weighted by atomic mass is 9.71. The predicted octanol–water partition coefficient (Wildman–Crippen LogP) is 2.81. The van der Waals surface area contributed by atoms with Gasteiger partial charge >= 0.3 is 0 Å². The third kappa shape index (κ3) is 4.22. The highest BCUT2D eigenvalue weighted by atomic mass is 16.3. The normalized spacial score (nSPS) is 21.6. The molecule has 2 aliphatic heterocycles. The van der Waals surface area contributed by atoms with Gasteiger partial charge in [0.25, 0.3) is 0 Å². The molecule has 0 saturated carbocycles. The Morgan fingerprint density at radius 1 is 1.19 bits per heavy atom. The SMILES string of the molecule is CCn1ncnc1N1CC(O)CC2(CCN(Cc3coc(-c4ccccc4)n3)CC2)C1. The van der Waals surface area contributed by atoms with Crippen molar-refractivity contribution in [3.63, 3.8) is 0 Å². The van der Waals surface area contributed by atoms with Gasteiger partial charge in [-0.05, 0) is 56.8 Å². The Hall–Kier alpha value is -2.71. The molecule has 2 aliphatic rings. The molecule has 0 aliphatic carbocycles. The number of aromatic nitrogens is 4. The van der Waals surface area contributed by atoms with E-state index in [4.69, 9.17) is 4.42 Å². The van der Waals surface area contributed by atoms with Crippen LogP contribution < -0.4 is 4.90 Å². The van der Waals surface area contributed by atoms with Crippen molar-refractivity contribution in [2.75, 3.05) is 31.1 Å². The molecule has 5 rings (SSSR count). The highest BCUT2D eigenvalue weighted by Gasteiger charge is 2.42. The molecule has 4 heterocycles. The fraction of sp³-hybridized carbons (Fsp3) is 0.522. The Bertz CT molecular complexity index is 992. The molecule has 2 aromatic heterocycles. The Morgan fingerprint density at radius 3 is 2.77 bits per heavy atom. The van der Waals surface area contributed by atoms with Crippen molar-refractivity contribution in [2.24, 2.45) is 5.41 Å². The first-order valence-corrected chi connectivity index (χ1v) is 11.2. The minimum atomic E-state index is -0.328. The largest absolute Gasteiger partial charge is 0.444 e. The Kier molecular flexibility index (Phi) is 5.50. The molecule has 164 valence electrons. The number of rotatable bonds is 5. The van der Waals surface area contributed by atoms with Crippen LogP contribution in [0.15, 0.2) is 47.3 Å². The van der Waals surface area contributed by atoms with Crippen LogP contribution in [0.1, 0.15) is 31.9 Å². The molecule has 8 heteroatoms. The number of aliphatic hydroxyl groups is 1. The number of anilines is 1. The molecular weight excluding hydrogens is 392 g/mol. The molecule has 0 amide bonds. The number of hydrogen-bond acceptors (Lipinski definition) is 7. The van der Waals surface area contributed by atoms with Crippen LogP contribution in [0.4, 0.5) is 5.95 Å². The van der Waals surface area contributed by atoms with E-state index in [0.29, 0.717) is 12.4 Å². The van der Waals surface area contributed by atoms with Crippen molar-refractivity contribution in [3.05, 3.63) is 48.6 Å². The van der Waals surface area contributed by atoms with E-state index in [1.165, 1.54) is 0 Å². The molecule has 8 nitrogen and oxygen atoms in total. The van der Waals surface area contributed by atoms with Gasteiger partial charge in [0.15, 0.2) is 0 Å². The highest BCUT2D eigenvalue weighted by molar-refractivity contribution is 5.52. The fourth-order valence-electron chi connectivity index (χ4n) is 5.10. The number of likely N-dealkylation sites (tertiary alicyclic amines) is 1. The predicted molar refractivity (Wildman–Crippen MR) is 117 cm³/mol. The van der Waals surface area contributed by atoms with E-state index >= 15 is 0 Å². The number of hydrogen-bond donors (Lipinski definition) is 1. The number of benzene rings is 1. The summed E-state index contributed by atoms with van der Waals surface area (Å²) in [7, 11) is 0. The second-order valence-electron chi connectivity index (χ2n) is 8.90. The molecule has 3 aromatic rings. The van der Waals surface area contributed by atoms with Crippen LogP contribution in [0.25, 0.3) is 11.5 Å². The van der Waals surface area contributed by atoms with E-state index in [9.17, 15) is 5.11 Å². The minimum Gasteiger partial charge on any atom is -0.444 e. The van der Waals surface area contributed by atoms with Crippen LogP contribution in [0.3, 0.4) is 0 Å². The second kappa shape index (κ2) is 8.43. The summed E-state index contributed by atoms with van der Waals surface area (Å²) < 4.78 is 7.61. The van der Waals surface area contributed by atoms with Gasteiger partial charge in [-0.25, -0.2) is 9.67 Å². The van der Waals surface area contributed by atoms with Crippen LogP contribution in [0.5, 0.6) is 0 Å². The quantitative estimate of drug-likeness (QED) is 0.677. The lowest BCUT2D eigenvalue weighted by Gasteiger charge is -2.49. The standard InChI is InChI=1S/C23H30N6O2/c1-2-29-22(24-17-25-29)28-14-20(30)12-23(16-28)8-10-27(11-9-23)13-19-15-31-21(26-19)18-6-4-3-5-7-18/h3-7,15,17,20,30H,2,8-14,16H2,1H3. The van der Waals surface area contributed by atoms with Crippen LogP contribution >= 0.6 is 0 Å². The Morgan fingerprint density at radius 2 is 2.00 bits per heavy atom. The number of piperidine rings is 2. The molecule has 2 fully saturated rings. The monoisotopic (exact) mass is 422 g/mol. The molecule has 0 bridgehead atoms. The maximum Gasteiger partial charge on any atom is 0.226 e. The zero-order valence-corrected chi connectivity index (χ0v) is 18.0. The zero-order valence-electron chi connectivity index (χ0n) is 18.0. The van der Waals surface area contributed by atoms with Gasteiger partial charge in [-0.2, -0.15) is 10.1 Å². The molecular formula is C23H30N6O2. The summed E-state index contributed by atoms with van der Waals surface area (Å²) in [5, 5.41) is 14.9. The van der Waals surface area contributed by atoms with Crippen LogP contribution in [-0.4, -0.2) is 62.0 Å². The maximum absolute atomic E-state index is 10.6. The van der Waals surface area contributed by atoms with Crippen molar-refractivity contribution in [1.29, 1.82) is 0 Å². The number of aliphatic hydroxyl groups excluding tert-OH is 1. The number of oxazole rings is 1. The zero-order chi connectivity index (χ0) is 21.3. The third-order valence-electron chi connectivity index (χ3n) is 6.68. The smallest absolute Gasteiger partial charge is 0.226 e. The van der Waals surface area contributed by atoms with Gasteiger partial charge in [0.2, 0.25) is 11.8 Å². The van der Waals surface area contributed by atoms with E-state index in [0.717, 1.165) is 69.2 Å². The van der Waals surface area contributed by atoms with Crippen molar-refractivity contribution >= 4 is 5.95 Å². The highest BCUT2D eigenvalue weighted by Crippen LogP contribution is 2.41. The summed E-state index contributed by atoms with van der Waals surface area (Å²) in [4.78, 5) is 13.8. The third-order valence-corrected chi connectivity index (χ3v) is 6.68. The van der Waals surface area contributed by atoms with Gasteiger partial charge in [0.05, 0.1) is 11.8 Å². The summed E-state index contributed by atoms with van der Waals surface area (Å²) in [6, 6.07) is 10.0. The van der Waals surface area contributed by atoms with Gasteiger partial charge < -0.3 is 14.4 Å². The van der Waals surface area contributed by atoms with Gasteiger partial charge in [-0.15, -0.1) is 0 Å². The summed E-state index contributed by atoms with van der Waals surface area (Å²) in [6.45, 7) is 7.20. The van der Waals surface area contributed by atoms with Crippen molar-refractivity contribution in [1.82, 2.24) is 24.6 Å². The van der Waals surface area contributed by atoms with Gasteiger partial charge in [0.1, 0.15) is 12.6 Å². The molecule has 1 unspecified atom stereocenters. The Labute approximate surface area is 182 Å². The van der Waals surface area contributed by atoms with Crippen molar-refractivity contribution in [2.45, 2.75) is 45.4 Å². The Balaban J connectivity index is 1.22. The number of β-amino-alcohol motifs (C(OH)–C–C–N with tert-alkyl or cyclic N) is 1. The fourth-order valence-corrected chi connectivity index (χ4v) is 5.10. The topological polar surface area (TPSA) is 83.5 Å². The maximum atomic E-state index is 10.6. The lowest BCUT2D eigenvalue weighted by molar-refractivity contribution is 0.0236. The number of nitrogens with zero attached hydrogens (tertiary/aromatic N) is 6. The van der Waals surface area contributed by atoms with E-state index < -0.39 is 0 Å². The second-order valence-corrected chi connectivity index (χ2v) is 8.90. The van der Waals surface area contributed by atoms with Crippen LogP contribution in [0.2, 0.25) is 0 Å². The van der Waals surface area contributed by atoms with Gasteiger partial charge in [0, 0.05) is 31.7 Å². The molecule has 1 N–H and O–H groups in total. The van der Waals surface area contributed by atoms with Crippen molar-refractivity contribution < 1.29 is 9.52 Å². The average Bonchev–Trinajstić information content (AvgIpc) is 3.45. The molecule has 1 atom stereocenters. The molecule has 31 heavy (non-hydrogen) atoms. The lowest BCUT2D eigenvalue weighted by Crippen LogP contribution is -2.54. The van der Waals surface area contributed by atoms with Crippen LogP contribution in [-0.2, 0) is 13.1 Å². The molecule has 1 spiro atoms. The summed E-state index contributed by atoms with van der Waals surface area (Å²) in [5.41, 5.74) is 2.09. The van der Waals surface area contributed by atoms with E-state index in [-0.39, 0.29) is 11.5 Å². The van der Waals surface area contributed by atoms with Gasteiger partial charge in [-0.3, -0.25) is 4.90 Å². The molecule has 2 saturated heterocycles. The first kappa shape index (κ1) is 20.2. The van der Waals surface area contributed by atoms with Crippen molar-refractivity contribution in [3.8, 4) is 11.5 Å². The number of aryl methyl sites for hydroxylation is 1. The molecule has 0 radical (unpaired) electrons. The van der Waals surface area contributed by atoms with Crippen LogP contribution in [0, 0.1) is 5.41 Å². The van der Waals surface area contributed by atoms with Gasteiger partial charge in [-0.1, -0.05) is 18.2 Å². The first-order chi connectivity index (χ1) is 15.1. The molecule has 1 aromatic carbocycles. The van der Waals surface area contributed by atoms with E-state index in [2.05, 4.69) is 31.8 Å². The summed E-state index contributed by atoms with van der Waals surface area (Å²) in [5.74, 6) is 1.55. The van der Waals surface area contributed by atoms with E-state index in [1.54, 1.807) is 12.6 Å². The minimum absolute atomic E-state index is 0.123. The average molecular weight is 423 g/mol.